The molecule has 0 spiro atoms. The summed E-state index contributed by atoms with van der Waals surface area (Å²) in [7, 11) is 0. The van der Waals surface area contributed by atoms with Gasteiger partial charge in [0, 0.05) is 0 Å². The van der Waals surface area contributed by atoms with Gasteiger partial charge in [0.25, 0.3) is 5.91 Å². The lowest BCUT2D eigenvalue weighted by molar-refractivity contribution is -0.127. The lowest BCUT2D eigenvalue weighted by atomic mass is 10.0. The van der Waals surface area contributed by atoms with Crippen molar-refractivity contribution in [2.45, 2.75) is 32.8 Å². The van der Waals surface area contributed by atoms with Gasteiger partial charge in [0.05, 0.1) is 6.21 Å². The predicted octanol–water partition coefficient (Wildman–Crippen LogP) is 4.88. The summed E-state index contributed by atoms with van der Waals surface area (Å²) < 4.78 is 5.74. The van der Waals surface area contributed by atoms with Crippen LogP contribution in [-0.4, -0.2) is 18.2 Å². The highest BCUT2D eigenvalue weighted by Gasteiger charge is 2.14. The Bertz CT molecular complexity index is 946. The van der Waals surface area contributed by atoms with Crippen LogP contribution in [0.4, 0.5) is 0 Å². The second kappa shape index (κ2) is 8.49. The number of hydrogen-bond donors (Lipinski definition) is 1. The molecule has 0 unspecified atom stereocenters. The minimum Gasteiger partial charge on any atom is -0.481 e. The van der Waals surface area contributed by atoms with Crippen molar-refractivity contribution in [2.24, 2.45) is 5.10 Å². The van der Waals surface area contributed by atoms with Gasteiger partial charge in [0.1, 0.15) is 5.75 Å². The Balaban J connectivity index is 1.56. The first-order valence-electron chi connectivity index (χ1n) is 9.11. The maximum Gasteiger partial charge on any atom is 0.280 e. The molecule has 0 saturated carbocycles. The van der Waals surface area contributed by atoms with Crippen molar-refractivity contribution in [1.82, 2.24) is 5.43 Å². The molecule has 27 heavy (non-hydrogen) atoms. The van der Waals surface area contributed by atoms with E-state index in [1.54, 1.807) is 13.1 Å². The third-order valence-electron chi connectivity index (χ3n) is 4.39. The fraction of sp³-hybridized carbons (Fsp3) is 0.217. The smallest absolute Gasteiger partial charge is 0.280 e. The van der Waals surface area contributed by atoms with Crippen LogP contribution in [0, 0.1) is 0 Å². The lowest BCUT2D eigenvalue weighted by Crippen LogP contribution is -2.33. The van der Waals surface area contributed by atoms with Gasteiger partial charge in [-0.05, 0) is 46.9 Å². The number of hydrogen-bond acceptors (Lipinski definition) is 3. The highest BCUT2D eigenvalue weighted by atomic mass is 16.5. The van der Waals surface area contributed by atoms with E-state index in [-0.39, 0.29) is 5.91 Å². The van der Waals surface area contributed by atoms with E-state index in [1.807, 2.05) is 54.6 Å². The molecule has 0 aliphatic rings. The van der Waals surface area contributed by atoms with Crippen LogP contribution in [0.3, 0.4) is 0 Å². The summed E-state index contributed by atoms with van der Waals surface area (Å²) in [6.07, 6.45) is 0.983. The summed E-state index contributed by atoms with van der Waals surface area (Å²) in [6, 6.07) is 21.9. The number of hydrazone groups is 1. The Morgan fingerprint density at radius 1 is 0.963 bits per heavy atom. The molecule has 3 aromatic carbocycles. The van der Waals surface area contributed by atoms with Crippen molar-refractivity contribution in [3.05, 3.63) is 77.9 Å². The summed E-state index contributed by atoms with van der Waals surface area (Å²) in [4.78, 5) is 12.2. The highest BCUT2D eigenvalue weighted by molar-refractivity contribution is 5.85. The van der Waals surface area contributed by atoms with E-state index < -0.39 is 6.10 Å². The molecule has 0 aromatic heterocycles. The number of ether oxygens (including phenoxy) is 1. The molecule has 0 bridgehead atoms. The SMILES string of the molecule is CC(C)c1ccc(/C=N\NC(=O)[C@@H](C)Oc2ccc3ccccc3c2)cc1. The first-order valence-corrected chi connectivity index (χ1v) is 9.11. The van der Waals surface area contributed by atoms with Gasteiger partial charge in [-0.25, -0.2) is 5.43 Å². The molecule has 0 heterocycles. The summed E-state index contributed by atoms with van der Waals surface area (Å²) in [6.45, 7) is 6.01. The largest absolute Gasteiger partial charge is 0.481 e. The monoisotopic (exact) mass is 360 g/mol. The van der Waals surface area contributed by atoms with Gasteiger partial charge in [0.15, 0.2) is 6.10 Å². The van der Waals surface area contributed by atoms with Crippen LogP contribution in [0.25, 0.3) is 10.8 Å². The van der Waals surface area contributed by atoms with E-state index in [4.69, 9.17) is 4.74 Å². The molecule has 3 aromatic rings. The van der Waals surface area contributed by atoms with Crippen LogP contribution in [0.5, 0.6) is 5.75 Å². The molecule has 3 rings (SSSR count). The summed E-state index contributed by atoms with van der Waals surface area (Å²) >= 11 is 0. The molecule has 0 aliphatic heterocycles. The van der Waals surface area contributed by atoms with Crippen LogP contribution in [0.1, 0.15) is 37.8 Å². The zero-order chi connectivity index (χ0) is 19.2. The maximum atomic E-state index is 12.2. The summed E-state index contributed by atoms with van der Waals surface area (Å²) in [5, 5.41) is 6.23. The number of benzene rings is 3. The molecule has 4 nitrogen and oxygen atoms in total. The quantitative estimate of drug-likeness (QED) is 0.503. The molecule has 1 atom stereocenters. The fourth-order valence-corrected chi connectivity index (χ4v) is 2.73. The average Bonchev–Trinajstić information content (AvgIpc) is 2.68. The molecule has 0 fully saturated rings. The summed E-state index contributed by atoms with van der Waals surface area (Å²) in [5.41, 5.74) is 4.74. The molecule has 0 aliphatic carbocycles. The fourth-order valence-electron chi connectivity index (χ4n) is 2.73. The van der Waals surface area contributed by atoms with Gasteiger partial charge in [-0.15, -0.1) is 0 Å². The second-order valence-corrected chi connectivity index (χ2v) is 6.82. The lowest BCUT2D eigenvalue weighted by Gasteiger charge is -2.13. The molecular formula is C23H24N2O2. The average molecular weight is 360 g/mol. The number of amides is 1. The number of nitrogens with one attached hydrogen (secondary N) is 1. The van der Waals surface area contributed by atoms with Gasteiger partial charge < -0.3 is 4.74 Å². The van der Waals surface area contributed by atoms with Crippen molar-refractivity contribution in [2.75, 3.05) is 0 Å². The van der Waals surface area contributed by atoms with Crippen LogP contribution in [0.15, 0.2) is 71.8 Å². The number of nitrogens with zero attached hydrogens (tertiary/aromatic N) is 1. The maximum absolute atomic E-state index is 12.2. The van der Waals surface area contributed by atoms with Crippen LogP contribution >= 0.6 is 0 Å². The Labute approximate surface area is 159 Å². The van der Waals surface area contributed by atoms with Crippen molar-refractivity contribution in [3.8, 4) is 5.75 Å². The molecule has 1 N–H and O–H groups in total. The van der Waals surface area contributed by atoms with E-state index in [9.17, 15) is 4.79 Å². The van der Waals surface area contributed by atoms with Gasteiger partial charge in [-0.3, -0.25) is 4.79 Å². The normalized spacial score (nSPS) is 12.4. The molecule has 0 saturated heterocycles. The first kappa shape index (κ1) is 18.6. The van der Waals surface area contributed by atoms with E-state index in [1.165, 1.54) is 5.56 Å². The molecule has 138 valence electrons. The van der Waals surface area contributed by atoms with E-state index >= 15 is 0 Å². The predicted molar refractivity (Wildman–Crippen MR) is 110 cm³/mol. The zero-order valence-electron chi connectivity index (χ0n) is 15.8. The van der Waals surface area contributed by atoms with Crippen molar-refractivity contribution < 1.29 is 9.53 Å². The molecular weight excluding hydrogens is 336 g/mol. The Morgan fingerprint density at radius 3 is 2.37 bits per heavy atom. The third kappa shape index (κ3) is 4.94. The minimum absolute atomic E-state index is 0.293. The first-order chi connectivity index (χ1) is 13.0. The van der Waals surface area contributed by atoms with Crippen LogP contribution in [-0.2, 0) is 4.79 Å². The molecule has 0 radical (unpaired) electrons. The van der Waals surface area contributed by atoms with Crippen LogP contribution in [0.2, 0.25) is 0 Å². The zero-order valence-corrected chi connectivity index (χ0v) is 15.8. The highest BCUT2D eigenvalue weighted by Crippen LogP contribution is 2.21. The van der Waals surface area contributed by atoms with Crippen LogP contribution < -0.4 is 10.2 Å². The number of carbonyl (C=O) groups is 1. The van der Waals surface area contributed by atoms with E-state index in [0.29, 0.717) is 11.7 Å². The number of rotatable bonds is 6. The molecule has 1 amide bonds. The van der Waals surface area contributed by atoms with Gasteiger partial charge >= 0.3 is 0 Å². The van der Waals surface area contributed by atoms with E-state index in [2.05, 4.69) is 36.5 Å². The topological polar surface area (TPSA) is 50.7 Å². The standard InChI is InChI=1S/C23H24N2O2/c1-16(2)19-10-8-18(9-11-19)15-24-25-23(26)17(3)27-22-13-12-20-6-4-5-7-21(20)14-22/h4-17H,1-3H3,(H,25,26)/b24-15-/t17-/m1/s1. The minimum atomic E-state index is -0.647. The van der Waals surface area contributed by atoms with Crippen molar-refractivity contribution in [1.29, 1.82) is 0 Å². The Hall–Kier alpha value is -3.14. The Kier molecular flexibility index (Phi) is 5.87. The number of fused-ring (bicyclic) bond motifs is 1. The van der Waals surface area contributed by atoms with Gasteiger partial charge in [-0.2, -0.15) is 5.10 Å². The van der Waals surface area contributed by atoms with Gasteiger partial charge in [-0.1, -0.05) is 68.4 Å². The molecule has 4 heteroatoms. The van der Waals surface area contributed by atoms with Crippen molar-refractivity contribution >= 4 is 22.9 Å². The van der Waals surface area contributed by atoms with Crippen molar-refractivity contribution in [3.63, 3.8) is 0 Å². The van der Waals surface area contributed by atoms with Gasteiger partial charge in [0.2, 0.25) is 0 Å². The second-order valence-electron chi connectivity index (χ2n) is 6.82. The Morgan fingerprint density at radius 2 is 1.67 bits per heavy atom. The third-order valence-corrected chi connectivity index (χ3v) is 4.39. The summed E-state index contributed by atoms with van der Waals surface area (Å²) in [5.74, 6) is 0.853. The van der Waals surface area contributed by atoms with E-state index in [0.717, 1.165) is 16.3 Å². The number of carbonyl (C=O) groups excluding carboxylic acids is 1.